The average molecular weight is 279 g/mol. The van der Waals surface area contributed by atoms with E-state index in [9.17, 15) is 13.2 Å². The summed E-state index contributed by atoms with van der Waals surface area (Å²) in [6.07, 6.45) is -4.35. The first kappa shape index (κ1) is 14.6. The topological polar surface area (TPSA) is 12.0 Å². The van der Waals surface area contributed by atoms with Crippen LogP contribution in [-0.4, -0.2) is 7.05 Å². The molecule has 0 aliphatic heterocycles. The molecule has 0 amide bonds. The lowest BCUT2D eigenvalue weighted by Gasteiger charge is -2.15. The summed E-state index contributed by atoms with van der Waals surface area (Å²) in [6.45, 7) is 1.97. The molecule has 1 unspecified atom stereocenters. The molecule has 1 atom stereocenters. The van der Waals surface area contributed by atoms with E-state index in [1.807, 2.05) is 20.0 Å². The molecule has 0 aromatic heterocycles. The van der Waals surface area contributed by atoms with Gasteiger partial charge in [0.2, 0.25) is 0 Å². The fraction of sp³-hybridized carbons (Fsp3) is 0.250. The van der Waals surface area contributed by atoms with Gasteiger partial charge in [0.15, 0.2) is 0 Å². The highest BCUT2D eigenvalue weighted by atomic mass is 19.4. The first-order chi connectivity index (χ1) is 9.43. The molecular formula is C16H16F3N. The van der Waals surface area contributed by atoms with E-state index in [-0.39, 0.29) is 11.6 Å². The second-order valence-electron chi connectivity index (χ2n) is 4.68. The van der Waals surface area contributed by atoms with Crippen molar-refractivity contribution in [2.75, 3.05) is 7.05 Å². The Balaban J connectivity index is 2.52. The van der Waals surface area contributed by atoms with Crippen molar-refractivity contribution >= 4 is 0 Å². The largest absolute Gasteiger partial charge is 0.417 e. The van der Waals surface area contributed by atoms with Gasteiger partial charge < -0.3 is 5.32 Å². The van der Waals surface area contributed by atoms with Crippen LogP contribution in [0.25, 0.3) is 11.1 Å². The molecule has 20 heavy (non-hydrogen) atoms. The number of benzene rings is 2. The molecule has 106 valence electrons. The lowest BCUT2D eigenvalue weighted by molar-refractivity contribution is -0.137. The van der Waals surface area contributed by atoms with Crippen molar-refractivity contribution in [2.45, 2.75) is 19.1 Å². The van der Waals surface area contributed by atoms with Gasteiger partial charge in [-0.3, -0.25) is 0 Å². The Morgan fingerprint density at radius 2 is 1.70 bits per heavy atom. The smallest absolute Gasteiger partial charge is 0.313 e. The summed E-state index contributed by atoms with van der Waals surface area (Å²) in [5, 5.41) is 3.08. The van der Waals surface area contributed by atoms with Crippen molar-refractivity contribution in [1.82, 2.24) is 5.32 Å². The Hall–Kier alpha value is -1.81. The van der Waals surface area contributed by atoms with Gasteiger partial charge in [-0.05, 0) is 42.8 Å². The Kier molecular flexibility index (Phi) is 4.14. The molecule has 0 saturated carbocycles. The molecule has 1 N–H and O–H groups in total. The minimum absolute atomic E-state index is 0.0907. The minimum atomic E-state index is -4.35. The van der Waals surface area contributed by atoms with Crippen LogP contribution in [0.3, 0.4) is 0 Å². The van der Waals surface area contributed by atoms with Crippen molar-refractivity contribution in [3.8, 4) is 11.1 Å². The molecule has 2 aromatic carbocycles. The second-order valence-corrected chi connectivity index (χ2v) is 4.68. The quantitative estimate of drug-likeness (QED) is 0.862. The van der Waals surface area contributed by atoms with Crippen LogP contribution in [-0.2, 0) is 6.18 Å². The fourth-order valence-electron chi connectivity index (χ4n) is 2.12. The van der Waals surface area contributed by atoms with Gasteiger partial charge in [-0.25, -0.2) is 0 Å². The molecule has 0 saturated heterocycles. The van der Waals surface area contributed by atoms with Crippen molar-refractivity contribution in [3.63, 3.8) is 0 Å². The van der Waals surface area contributed by atoms with Crippen molar-refractivity contribution < 1.29 is 13.2 Å². The third kappa shape index (κ3) is 3.02. The lowest BCUT2D eigenvalue weighted by atomic mass is 9.96. The highest BCUT2D eigenvalue weighted by Crippen LogP contribution is 2.37. The zero-order valence-corrected chi connectivity index (χ0v) is 11.3. The summed E-state index contributed by atoms with van der Waals surface area (Å²) in [5.41, 5.74) is 1.15. The second kappa shape index (κ2) is 5.67. The first-order valence-electron chi connectivity index (χ1n) is 6.37. The van der Waals surface area contributed by atoms with Crippen LogP contribution in [0.15, 0.2) is 48.5 Å². The molecule has 0 heterocycles. The van der Waals surface area contributed by atoms with Crippen LogP contribution in [0.1, 0.15) is 24.1 Å². The van der Waals surface area contributed by atoms with Crippen LogP contribution in [0.4, 0.5) is 13.2 Å². The molecule has 2 aromatic rings. The Labute approximate surface area is 116 Å². The van der Waals surface area contributed by atoms with E-state index in [0.717, 1.165) is 11.6 Å². The van der Waals surface area contributed by atoms with E-state index < -0.39 is 11.7 Å². The van der Waals surface area contributed by atoms with E-state index in [2.05, 4.69) is 5.32 Å². The zero-order valence-electron chi connectivity index (χ0n) is 11.3. The predicted molar refractivity (Wildman–Crippen MR) is 74.4 cm³/mol. The monoisotopic (exact) mass is 279 g/mol. The molecule has 0 aliphatic rings. The molecule has 0 bridgehead atoms. The maximum Gasteiger partial charge on any atom is 0.417 e. The third-order valence-electron chi connectivity index (χ3n) is 3.36. The van der Waals surface area contributed by atoms with E-state index in [1.165, 1.54) is 12.1 Å². The Morgan fingerprint density at radius 3 is 2.35 bits per heavy atom. The van der Waals surface area contributed by atoms with Crippen LogP contribution >= 0.6 is 0 Å². The molecule has 2 rings (SSSR count). The molecule has 0 spiro atoms. The fourth-order valence-corrected chi connectivity index (χ4v) is 2.12. The van der Waals surface area contributed by atoms with Gasteiger partial charge in [-0.1, -0.05) is 36.4 Å². The molecule has 0 fully saturated rings. The summed E-state index contributed by atoms with van der Waals surface area (Å²) >= 11 is 0. The van der Waals surface area contributed by atoms with Gasteiger partial charge in [0.1, 0.15) is 0 Å². The van der Waals surface area contributed by atoms with Gasteiger partial charge in [-0.15, -0.1) is 0 Å². The summed E-state index contributed by atoms with van der Waals surface area (Å²) < 4.78 is 39.1. The number of rotatable bonds is 3. The molecule has 0 radical (unpaired) electrons. The summed E-state index contributed by atoms with van der Waals surface area (Å²) in [4.78, 5) is 0. The molecule has 1 nitrogen and oxygen atoms in total. The normalized spacial score (nSPS) is 13.2. The van der Waals surface area contributed by atoms with E-state index in [1.54, 1.807) is 24.3 Å². The van der Waals surface area contributed by atoms with E-state index >= 15 is 0 Å². The van der Waals surface area contributed by atoms with Crippen LogP contribution < -0.4 is 5.32 Å². The highest BCUT2D eigenvalue weighted by molar-refractivity contribution is 5.68. The van der Waals surface area contributed by atoms with Gasteiger partial charge in [-0.2, -0.15) is 13.2 Å². The van der Waals surface area contributed by atoms with Gasteiger partial charge in [0, 0.05) is 6.04 Å². The van der Waals surface area contributed by atoms with Gasteiger partial charge in [0.05, 0.1) is 5.56 Å². The third-order valence-corrected chi connectivity index (χ3v) is 3.36. The minimum Gasteiger partial charge on any atom is -0.313 e. The van der Waals surface area contributed by atoms with Crippen molar-refractivity contribution in [3.05, 3.63) is 59.7 Å². The Morgan fingerprint density at radius 1 is 1.00 bits per heavy atom. The van der Waals surface area contributed by atoms with E-state index in [4.69, 9.17) is 0 Å². The molecular weight excluding hydrogens is 263 g/mol. The summed E-state index contributed by atoms with van der Waals surface area (Å²) in [7, 11) is 1.82. The summed E-state index contributed by atoms with van der Waals surface area (Å²) in [6, 6.07) is 12.9. The summed E-state index contributed by atoms with van der Waals surface area (Å²) in [5.74, 6) is 0. The standard InChI is InChI=1S/C16H16F3N/c1-11(20-2)12-6-5-7-13(10-12)14-8-3-4-9-15(14)16(17,18)19/h3-11,20H,1-2H3. The maximum atomic E-state index is 13.0. The number of hydrogen-bond donors (Lipinski definition) is 1. The molecule has 0 aliphatic carbocycles. The van der Waals surface area contributed by atoms with Crippen LogP contribution in [0.2, 0.25) is 0 Å². The average Bonchev–Trinajstić information content (AvgIpc) is 2.45. The highest BCUT2D eigenvalue weighted by Gasteiger charge is 2.33. The lowest BCUT2D eigenvalue weighted by Crippen LogP contribution is -2.12. The zero-order chi connectivity index (χ0) is 14.8. The number of nitrogens with one attached hydrogen (secondary N) is 1. The van der Waals surface area contributed by atoms with Crippen LogP contribution in [0.5, 0.6) is 0 Å². The maximum absolute atomic E-state index is 13.0. The van der Waals surface area contributed by atoms with Crippen molar-refractivity contribution in [1.29, 1.82) is 0 Å². The van der Waals surface area contributed by atoms with Crippen molar-refractivity contribution in [2.24, 2.45) is 0 Å². The number of alkyl halides is 3. The molecule has 4 heteroatoms. The Bertz CT molecular complexity index is 590. The number of halogens is 3. The van der Waals surface area contributed by atoms with E-state index in [0.29, 0.717) is 5.56 Å². The SMILES string of the molecule is CNC(C)c1cccc(-c2ccccc2C(F)(F)F)c1. The van der Waals surface area contributed by atoms with Gasteiger partial charge >= 0.3 is 6.18 Å². The van der Waals surface area contributed by atoms with Gasteiger partial charge in [0.25, 0.3) is 0 Å². The number of hydrogen-bond acceptors (Lipinski definition) is 1. The van der Waals surface area contributed by atoms with Crippen LogP contribution in [0, 0.1) is 0 Å². The first-order valence-corrected chi connectivity index (χ1v) is 6.37. The predicted octanol–water partition coefficient (Wildman–Crippen LogP) is 4.65.